The fourth-order valence-corrected chi connectivity index (χ4v) is 2.47. The molecule has 0 aromatic carbocycles. The highest BCUT2D eigenvalue weighted by Gasteiger charge is 2.13. The first-order valence-corrected chi connectivity index (χ1v) is 7.45. The number of nitrogens with zero attached hydrogens (tertiary/aromatic N) is 4. The zero-order chi connectivity index (χ0) is 14.5. The molecule has 0 atom stereocenters. The van der Waals surface area contributed by atoms with E-state index in [9.17, 15) is 0 Å². The minimum Gasteiger partial charge on any atom is -0.481 e. The predicted molar refractivity (Wildman–Crippen MR) is 81.4 cm³/mol. The van der Waals surface area contributed by atoms with Crippen molar-refractivity contribution in [3.05, 3.63) is 18.0 Å². The monoisotopic (exact) mass is 296 g/mol. The molecule has 0 amide bonds. The second kappa shape index (κ2) is 6.90. The van der Waals surface area contributed by atoms with Crippen molar-refractivity contribution in [2.75, 3.05) is 26.7 Å². The van der Waals surface area contributed by atoms with Crippen molar-refractivity contribution in [2.24, 2.45) is 0 Å². The van der Waals surface area contributed by atoms with Gasteiger partial charge in [0.15, 0.2) is 5.65 Å². The van der Waals surface area contributed by atoms with Gasteiger partial charge in [-0.25, -0.2) is 4.98 Å². The molecule has 0 N–H and O–H groups in total. The van der Waals surface area contributed by atoms with E-state index in [2.05, 4.69) is 33.3 Å². The smallest absolute Gasteiger partial charge is 0.215 e. The zero-order valence-corrected chi connectivity index (χ0v) is 13.0. The van der Waals surface area contributed by atoms with Crippen LogP contribution in [0.25, 0.3) is 11.2 Å². The molecule has 0 aliphatic carbocycles. The van der Waals surface area contributed by atoms with Crippen LogP contribution < -0.4 is 4.74 Å². The Labute approximate surface area is 124 Å². The van der Waals surface area contributed by atoms with E-state index >= 15 is 0 Å². The van der Waals surface area contributed by atoms with Gasteiger partial charge in [-0.3, -0.25) is 0 Å². The molecule has 0 aliphatic rings. The summed E-state index contributed by atoms with van der Waals surface area (Å²) in [6.45, 7) is 8.20. The van der Waals surface area contributed by atoms with E-state index in [1.807, 2.05) is 12.1 Å². The van der Waals surface area contributed by atoms with Crippen LogP contribution in [0, 0.1) is 0 Å². The zero-order valence-electron chi connectivity index (χ0n) is 12.3. The molecule has 5 nitrogen and oxygen atoms in total. The number of aromatic nitrogens is 3. The summed E-state index contributed by atoms with van der Waals surface area (Å²) >= 11 is 6.00. The summed E-state index contributed by atoms with van der Waals surface area (Å²) in [4.78, 5) is 11.4. The molecule has 2 rings (SSSR count). The summed E-state index contributed by atoms with van der Waals surface area (Å²) in [6, 6.07) is 3.74. The van der Waals surface area contributed by atoms with E-state index in [0.717, 1.165) is 43.2 Å². The second-order valence-electron chi connectivity index (χ2n) is 4.54. The van der Waals surface area contributed by atoms with E-state index in [4.69, 9.17) is 16.3 Å². The normalized spacial score (nSPS) is 11.4. The van der Waals surface area contributed by atoms with Crippen LogP contribution >= 0.6 is 11.6 Å². The van der Waals surface area contributed by atoms with Crippen LogP contribution in [0.3, 0.4) is 0 Å². The molecule has 2 aromatic rings. The van der Waals surface area contributed by atoms with Gasteiger partial charge in [-0.05, 0) is 19.2 Å². The number of imidazole rings is 1. The molecular weight excluding hydrogens is 276 g/mol. The molecule has 0 radical (unpaired) electrons. The molecule has 0 bridgehead atoms. The Morgan fingerprint density at radius 3 is 2.60 bits per heavy atom. The van der Waals surface area contributed by atoms with Gasteiger partial charge in [0.25, 0.3) is 0 Å². The number of fused-ring (bicyclic) bond motifs is 1. The third kappa shape index (κ3) is 3.04. The average Bonchev–Trinajstić information content (AvgIpc) is 2.85. The number of hydrogen-bond donors (Lipinski definition) is 0. The topological polar surface area (TPSA) is 43.2 Å². The number of ether oxygens (including phenoxy) is 1. The lowest BCUT2D eigenvalue weighted by Crippen LogP contribution is -2.27. The summed E-state index contributed by atoms with van der Waals surface area (Å²) in [6.07, 6.45) is 0. The minimum absolute atomic E-state index is 0.386. The number of halogens is 1. The summed E-state index contributed by atoms with van der Waals surface area (Å²) in [5.41, 5.74) is 1.70. The predicted octanol–water partition coefficient (Wildman–Crippen LogP) is 2.52. The highest BCUT2D eigenvalue weighted by Crippen LogP contribution is 2.19. The Kier molecular flexibility index (Phi) is 5.20. The maximum Gasteiger partial charge on any atom is 0.215 e. The highest BCUT2D eigenvalue weighted by atomic mass is 35.5. The molecule has 20 heavy (non-hydrogen) atoms. The van der Waals surface area contributed by atoms with Gasteiger partial charge < -0.3 is 14.2 Å². The third-order valence-corrected chi connectivity index (χ3v) is 3.75. The summed E-state index contributed by atoms with van der Waals surface area (Å²) < 4.78 is 7.28. The largest absolute Gasteiger partial charge is 0.481 e. The molecule has 0 unspecified atom stereocenters. The fourth-order valence-electron chi connectivity index (χ4n) is 2.26. The van der Waals surface area contributed by atoms with Gasteiger partial charge in [0.1, 0.15) is 11.3 Å². The lowest BCUT2D eigenvalue weighted by molar-refractivity contribution is 0.290. The van der Waals surface area contributed by atoms with Crippen LogP contribution in [0.1, 0.15) is 19.7 Å². The maximum atomic E-state index is 6.00. The van der Waals surface area contributed by atoms with Crippen molar-refractivity contribution in [1.82, 2.24) is 19.4 Å². The van der Waals surface area contributed by atoms with Gasteiger partial charge in [-0.1, -0.05) is 13.8 Å². The van der Waals surface area contributed by atoms with Gasteiger partial charge in [-0.15, -0.1) is 11.6 Å². The minimum atomic E-state index is 0.386. The maximum absolute atomic E-state index is 6.00. The first-order valence-electron chi connectivity index (χ1n) is 6.91. The second-order valence-corrected chi connectivity index (χ2v) is 4.80. The molecule has 0 fully saturated rings. The lowest BCUT2D eigenvalue weighted by atomic mass is 10.4. The molecular formula is C14H21ClN4O. The van der Waals surface area contributed by atoms with E-state index in [0.29, 0.717) is 11.8 Å². The lowest BCUT2D eigenvalue weighted by Gasteiger charge is -2.18. The van der Waals surface area contributed by atoms with Gasteiger partial charge >= 0.3 is 0 Å². The molecule has 110 valence electrons. The van der Waals surface area contributed by atoms with Crippen LogP contribution in [0.2, 0.25) is 0 Å². The van der Waals surface area contributed by atoms with Gasteiger partial charge in [0.05, 0.1) is 13.0 Å². The van der Waals surface area contributed by atoms with Crippen molar-refractivity contribution in [1.29, 1.82) is 0 Å². The van der Waals surface area contributed by atoms with E-state index in [1.54, 1.807) is 7.11 Å². The van der Waals surface area contributed by atoms with Crippen LogP contribution in [-0.4, -0.2) is 46.2 Å². The van der Waals surface area contributed by atoms with Gasteiger partial charge in [0, 0.05) is 19.2 Å². The number of hydrogen-bond acceptors (Lipinski definition) is 4. The number of rotatable bonds is 7. The van der Waals surface area contributed by atoms with Crippen molar-refractivity contribution in [3.63, 3.8) is 0 Å². The molecule has 2 aromatic heterocycles. The molecule has 0 aliphatic heterocycles. The first-order chi connectivity index (χ1) is 9.73. The molecule has 0 saturated carbocycles. The number of pyridine rings is 1. The Bertz CT molecular complexity index is 566. The van der Waals surface area contributed by atoms with Crippen molar-refractivity contribution in [3.8, 4) is 5.88 Å². The average molecular weight is 297 g/mol. The van der Waals surface area contributed by atoms with Crippen LogP contribution in [-0.2, 0) is 12.4 Å². The van der Waals surface area contributed by atoms with Gasteiger partial charge in [0.2, 0.25) is 5.88 Å². The Balaban J connectivity index is 2.33. The Morgan fingerprint density at radius 2 is 2.00 bits per heavy atom. The number of alkyl halides is 1. The van der Waals surface area contributed by atoms with Gasteiger partial charge in [-0.2, -0.15) is 4.98 Å². The Hall–Kier alpha value is -1.33. The quantitative estimate of drug-likeness (QED) is 0.737. The van der Waals surface area contributed by atoms with Crippen molar-refractivity contribution in [2.45, 2.75) is 26.3 Å². The molecule has 0 saturated heterocycles. The molecule has 2 heterocycles. The van der Waals surface area contributed by atoms with E-state index in [-0.39, 0.29) is 0 Å². The third-order valence-electron chi connectivity index (χ3n) is 3.51. The standard InChI is InChI=1S/C14H21ClN4O/c1-4-18(5-2)8-9-19-12(10-15)16-11-6-7-13(20-3)17-14(11)19/h6-7H,4-5,8-10H2,1-3H3. The number of methoxy groups -OCH3 is 1. The highest BCUT2D eigenvalue weighted by molar-refractivity contribution is 6.16. The fraction of sp³-hybridized carbons (Fsp3) is 0.571. The summed E-state index contributed by atoms with van der Waals surface area (Å²) in [5, 5.41) is 0. The van der Waals surface area contributed by atoms with E-state index in [1.165, 1.54) is 0 Å². The van der Waals surface area contributed by atoms with Crippen molar-refractivity contribution < 1.29 is 4.74 Å². The SMILES string of the molecule is CCN(CC)CCn1c(CCl)nc2ccc(OC)nc21. The Morgan fingerprint density at radius 1 is 1.25 bits per heavy atom. The first kappa shape index (κ1) is 15.1. The summed E-state index contributed by atoms with van der Waals surface area (Å²) in [7, 11) is 1.62. The molecule has 0 spiro atoms. The summed E-state index contributed by atoms with van der Waals surface area (Å²) in [5.74, 6) is 1.84. The van der Waals surface area contributed by atoms with E-state index < -0.39 is 0 Å². The number of likely N-dealkylation sites (N-methyl/N-ethyl adjacent to an activating group) is 1. The molecule has 6 heteroatoms. The van der Waals surface area contributed by atoms with Crippen molar-refractivity contribution >= 4 is 22.8 Å². The van der Waals surface area contributed by atoms with Crippen LogP contribution in [0.15, 0.2) is 12.1 Å². The van der Waals surface area contributed by atoms with Crippen LogP contribution in [0.4, 0.5) is 0 Å². The van der Waals surface area contributed by atoms with Crippen LogP contribution in [0.5, 0.6) is 5.88 Å².